The Labute approximate surface area is 193 Å². The van der Waals surface area contributed by atoms with Crippen molar-refractivity contribution in [1.29, 1.82) is 0 Å². The standard InChI is InChI=1S/C23H19F9O3/c24-21(25,26)11-35-19-16(12-5-7-15(8-6-12)22(27,28)29)9-14(10-17(19)23(30,31)32)18(20(33)34)13-3-1-2-4-13/h5-10,13,18H,1-4,11H2,(H,33,34). The van der Waals surface area contributed by atoms with Gasteiger partial charge in [-0.1, -0.05) is 25.0 Å². The van der Waals surface area contributed by atoms with Crippen LogP contribution in [-0.4, -0.2) is 23.9 Å². The number of benzene rings is 2. The smallest absolute Gasteiger partial charge is 0.422 e. The van der Waals surface area contributed by atoms with Crippen LogP contribution in [0, 0.1) is 5.92 Å². The molecule has 0 saturated heterocycles. The molecule has 0 heterocycles. The molecule has 0 spiro atoms. The highest BCUT2D eigenvalue weighted by Crippen LogP contribution is 2.47. The van der Waals surface area contributed by atoms with Crippen molar-refractivity contribution in [2.75, 3.05) is 6.61 Å². The number of carbonyl (C=O) groups is 1. The largest absolute Gasteiger partial charge is 0.483 e. The summed E-state index contributed by atoms with van der Waals surface area (Å²) in [5, 5.41) is 9.76. The molecule has 0 amide bonds. The Morgan fingerprint density at radius 2 is 1.49 bits per heavy atom. The number of carboxylic acids is 1. The normalized spacial score (nSPS) is 16.4. The lowest BCUT2D eigenvalue weighted by Crippen LogP contribution is -2.23. The lowest BCUT2D eigenvalue weighted by atomic mass is 9.82. The van der Waals surface area contributed by atoms with Gasteiger partial charge in [-0.25, -0.2) is 0 Å². The quantitative estimate of drug-likeness (QED) is 0.402. The fourth-order valence-electron chi connectivity index (χ4n) is 4.31. The highest BCUT2D eigenvalue weighted by molar-refractivity contribution is 5.80. The van der Waals surface area contributed by atoms with E-state index in [1.54, 1.807) is 0 Å². The van der Waals surface area contributed by atoms with Crippen molar-refractivity contribution in [3.63, 3.8) is 0 Å². The molecule has 12 heteroatoms. The Morgan fingerprint density at radius 1 is 0.914 bits per heavy atom. The van der Waals surface area contributed by atoms with Crippen LogP contribution in [-0.2, 0) is 17.1 Å². The van der Waals surface area contributed by atoms with Gasteiger partial charge in [0.05, 0.1) is 17.0 Å². The third-order valence-electron chi connectivity index (χ3n) is 5.82. The predicted molar refractivity (Wildman–Crippen MR) is 106 cm³/mol. The van der Waals surface area contributed by atoms with Gasteiger partial charge < -0.3 is 9.84 Å². The highest BCUT2D eigenvalue weighted by Gasteiger charge is 2.41. The Kier molecular flexibility index (Phi) is 7.33. The second-order valence-electron chi connectivity index (χ2n) is 8.28. The fourth-order valence-corrected chi connectivity index (χ4v) is 4.31. The van der Waals surface area contributed by atoms with Gasteiger partial charge in [-0.15, -0.1) is 0 Å². The first-order valence-corrected chi connectivity index (χ1v) is 10.4. The summed E-state index contributed by atoms with van der Waals surface area (Å²) >= 11 is 0. The predicted octanol–water partition coefficient (Wildman–Crippen LogP) is 7.69. The number of aliphatic carboxylic acids is 1. The summed E-state index contributed by atoms with van der Waals surface area (Å²) in [4.78, 5) is 12.0. The van der Waals surface area contributed by atoms with Crippen LogP contribution >= 0.6 is 0 Å². The number of hydrogen-bond acceptors (Lipinski definition) is 2. The molecule has 0 aromatic heterocycles. The summed E-state index contributed by atoms with van der Waals surface area (Å²) in [7, 11) is 0. The number of carboxylic acid groups (broad SMARTS) is 1. The van der Waals surface area contributed by atoms with Gasteiger partial charge in [-0.05, 0) is 54.2 Å². The van der Waals surface area contributed by atoms with E-state index in [0.717, 1.165) is 18.2 Å². The zero-order valence-electron chi connectivity index (χ0n) is 17.8. The van der Waals surface area contributed by atoms with Crippen LogP contribution in [0.5, 0.6) is 5.75 Å². The molecular formula is C23H19F9O3. The first kappa shape index (κ1) is 26.7. The molecule has 192 valence electrons. The van der Waals surface area contributed by atoms with Crippen molar-refractivity contribution in [1.82, 2.24) is 0 Å². The van der Waals surface area contributed by atoms with Gasteiger partial charge in [0.15, 0.2) is 6.61 Å². The summed E-state index contributed by atoms with van der Waals surface area (Å²) in [6.07, 6.45) is -12.8. The maximum atomic E-state index is 13.9. The molecule has 0 aliphatic heterocycles. The van der Waals surface area contributed by atoms with E-state index in [2.05, 4.69) is 4.74 Å². The van der Waals surface area contributed by atoms with Crippen molar-refractivity contribution >= 4 is 5.97 Å². The second-order valence-corrected chi connectivity index (χ2v) is 8.28. The molecule has 3 nitrogen and oxygen atoms in total. The lowest BCUT2D eigenvalue weighted by molar-refractivity contribution is -0.158. The summed E-state index contributed by atoms with van der Waals surface area (Å²) in [5.41, 5.74) is -3.96. The molecule has 1 aliphatic rings. The van der Waals surface area contributed by atoms with Crippen LogP contribution < -0.4 is 4.74 Å². The molecule has 2 aromatic carbocycles. The van der Waals surface area contributed by atoms with Crippen molar-refractivity contribution in [3.05, 3.63) is 53.1 Å². The average molecular weight is 514 g/mol. The molecule has 1 aliphatic carbocycles. The van der Waals surface area contributed by atoms with Gasteiger partial charge in [-0.3, -0.25) is 4.79 Å². The summed E-state index contributed by atoms with van der Waals surface area (Å²) in [6.45, 7) is -2.09. The summed E-state index contributed by atoms with van der Waals surface area (Å²) < 4.78 is 124. The van der Waals surface area contributed by atoms with E-state index >= 15 is 0 Å². The topological polar surface area (TPSA) is 46.5 Å². The number of alkyl halides is 9. The molecule has 2 aromatic rings. The van der Waals surface area contributed by atoms with Gasteiger partial charge in [0.1, 0.15) is 5.75 Å². The van der Waals surface area contributed by atoms with Crippen LogP contribution in [0.15, 0.2) is 36.4 Å². The lowest BCUT2D eigenvalue weighted by Gasteiger charge is -2.25. The minimum absolute atomic E-state index is 0.293. The molecular weight excluding hydrogens is 495 g/mol. The van der Waals surface area contributed by atoms with Crippen LogP contribution in [0.25, 0.3) is 11.1 Å². The second kappa shape index (κ2) is 9.62. The van der Waals surface area contributed by atoms with Gasteiger partial charge in [0, 0.05) is 5.56 Å². The fraction of sp³-hybridized carbons (Fsp3) is 0.435. The van der Waals surface area contributed by atoms with Gasteiger partial charge in [-0.2, -0.15) is 39.5 Å². The molecule has 1 N–H and O–H groups in total. The van der Waals surface area contributed by atoms with E-state index in [-0.39, 0.29) is 11.1 Å². The molecule has 35 heavy (non-hydrogen) atoms. The molecule has 1 fully saturated rings. The van der Waals surface area contributed by atoms with E-state index in [9.17, 15) is 49.4 Å². The molecule has 3 rings (SSSR count). The van der Waals surface area contributed by atoms with Crippen molar-refractivity contribution in [3.8, 4) is 16.9 Å². The van der Waals surface area contributed by atoms with E-state index in [1.807, 2.05) is 0 Å². The summed E-state index contributed by atoms with van der Waals surface area (Å²) in [6, 6.07) is 4.14. The maximum Gasteiger partial charge on any atom is 0.422 e. The van der Waals surface area contributed by atoms with Gasteiger partial charge in [0.2, 0.25) is 0 Å². The number of ether oxygens (including phenoxy) is 1. The van der Waals surface area contributed by atoms with E-state index in [0.29, 0.717) is 43.9 Å². The molecule has 1 atom stereocenters. The summed E-state index contributed by atoms with van der Waals surface area (Å²) in [5.74, 6) is -4.54. The van der Waals surface area contributed by atoms with Crippen molar-refractivity contribution in [2.45, 2.75) is 50.1 Å². The number of halogens is 9. The Hall–Kier alpha value is -2.92. The number of hydrogen-bond donors (Lipinski definition) is 1. The first-order valence-electron chi connectivity index (χ1n) is 10.4. The molecule has 0 radical (unpaired) electrons. The molecule has 0 bridgehead atoms. The average Bonchev–Trinajstić information content (AvgIpc) is 3.24. The van der Waals surface area contributed by atoms with Crippen molar-refractivity contribution < 1.29 is 54.2 Å². The third-order valence-corrected chi connectivity index (χ3v) is 5.82. The van der Waals surface area contributed by atoms with E-state index < -0.39 is 65.4 Å². The van der Waals surface area contributed by atoms with Crippen LogP contribution in [0.4, 0.5) is 39.5 Å². The minimum atomic E-state index is -5.24. The highest BCUT2D eigenvalue weighted by atomic mass is 19.4. The van der Waals surface area contributed by atoms with Crippen LogP contribution in [0.2, 0.25) is 0 Å². The zero-order valence-corrected chi connectivity index (χ0v) is 17.8. The molecule has 1 saturated carbocycles. The van der Waals surface area contributed by atoms with Gasteiger partial charge >= 0.3 is 24.5 Å². The monoisotopic (exact) mass is 514 g/mol. The van der Waals surface area contributed by atoms with Crippen molar-refractivity contribution in [2.24, 2.45) is 5.92 Å². The van der Waals surface area contributed by atoms with Crippen LogP contribution in [0.1, 0.15) is 48.3 Å². The Balaban J connectivity index is 2.25. The van der Waals surface area contributed by atoms with E-state index in [4.69, 9.17) is 0 Å². The third kappa shape index (κ3) is 6.40. The van der Waals surface area contributed by atoms with Crippen LogP contribution in [0.3, 0.4) is 0 Å². The first-order chi connectivity index (χ1) is 16.1. The molecule has 1 unspecified atom stereocenters. The number of rotatable bonds is 6. The Morgan fingerprint density at radius 3 is 1.94 bits per heavy atom. The SMILES string of the molecule is O=C(O)C(c1cc(-c2ccc(C(F)(F)F)cc2)c(OCC(F)(F)F)c(C(F)(F)F)c1)C1CCCC1. The van der Waals surface area contributed by atoms with E-state index in [1.165, 1.54) is 0 Å². The maximum absolute atomic E-state index is 13.9. The van der Waals surface area contributed by atoms with Gasteiger partial charge in [0.25, 0.3) is 0 Å². The Bertz CT molecular complexity index is 1050. The zero-order chi connectivity index (χ0) is 26.2. The minimum Gasteiger partial charge on any atom is -0.483 e.